The van der Waals surface area contributed by atoms with Gasteiger partial charge in [0.1, 0.15) is 0 Å². The van der Waals surface area contributed by atoms with Gasteiger partial charge in [0.15, 0.2) is 0 Å². The lowest BCUT2D eigenvalue weighted by Gasteiger charge is -2.25. The molecule has 79 valence electrons. The van der Waals surface area contributed by atoms with E-state index in [2.05, 4.69) is 41.3 Å². The van der Waals surface area contributed by atoms with Crippen LogP contribution in [0.4, 0.5) is 0 Å². The van der Waals surface area contributed by atoms with Crippen LogP contribution in [0.15, 0.2) is 36.0 Å². The summed E-state index contributed by atoms with van der Waals surface area (Å²) in [7, 11) is 0. The van der Waals surface area contributed by atoms with Gasteiger partial charge in [-0.1, -0.05) is 30.3 Å². The van der Waals surface area contributed by atoms with Crippen molar-refractivity contribution in [3.8, 4) is 0 Å². The lowest BCUT2D eigenvalue weighted by molar-refractivity contribution is 0.290. The van der Waals surface area contributed by atoms with Crippen molar-refractivity contribution in [2.75, 3.05) is 19.6 Å². The van der Waals surface area contributed by atoms with Gasteiger partial charge in [0.2, 0.25) is 0 Å². The third-order valence-electron chi connectivity index (χ3n) is 2.73. The number of hydrogen-bond donors (Lipinski definition) is 1. The molecule has 0 aliphatic carbocycles. The highest BCUT2D eigenvalue weighted by Gasteiger charge is 2.09. The van der Waals surface area contributed by atoms with E-state index in [1.165, 1.54) is 5.56 Å². The topological polar surface area (TPSA) is 29.3 Å². The van der Waals surface area contributed by atoms with Crippen molar-refractivity contribution >= 4 is 0 Å². The predicted molar refractivity (Wildman–Crippen MR) is 62.1 cm³/mol. The number of nitrogens with zero attached hydrogens (tertiary/aromatic N) is 1. The van der Waals surface area contributed by atoms with Gasteiger partial charge in [0, 0.05) is 25.3 Å². The minimum absolute atomic E-state index is 0.882. The van der Waals surface area contributed by atoms with Crippen LogP contribution in [0.3, 0.4) is 0 Å². The molecule has 0 amide bonds. The van der Waals surface area contributed by atoms with Crippen LogP contribution in [-0.4, -0.2) is 24.5 Å². The Morgan fingerprint density at radius 1 is 1.27 bits per heavy atom. The van der Waals surface area contributed by atoms with E-state index in [1.807, 2.05) is 0 Å². The Morgan fingerprint density at radius 2 is 2.07 bits per heavy atom. The summed E-state index contributed by atoms with van der Waals surface area (Å²) in [4.78, 5) is 2.39. The van der Waals surface area contributed by atoms with Crippen molar-refractivity contribution in [1.29, 1.82) is 0 Å². The van der Waals surface area contributed by atoms with Gasteiger partial charge < -0.3 is 5.73 Å². The van der Waals surface area contributed by atoms with E-state index in [0.29, 0.717) is 0 Å². The molecule has 0 saturated heterocycles. The molecular weight excluding hydrogens is 184 g/mol. The highest BCUT2D eigenvalue weighted by atomic mass is 15.1. The molecule has 0 saturated carbocycles. The Labute approximate surface area is 91.4 Å². The SMILES string of the molecule is NC1=[C]CCN(CCc2ccccc2)C1. The lowest BCUT2D eigenvalue weighted by atomic mass is 10.1. The average Bonchev–Trinajstić information content (AvgIpc) is 2.28. The predicted octanol–water partition coefficient (Wildman–Crippen LogP) is 1.58. The van der Waals surface area contributed by atoms with Gasteiger partial charge in [-0.15, -0.1) is 0 Å². The summed E-state index contributed by atoms with van der Waals surface area (Å²) >= 11 is 0. The van der Waals surface area contributed by atoms with Crippen LogP contribution in [0.25, 0.3) is 0 Å². The summed E-state index contributed by atoms with van der Waals surface area (Å²) in [6.45, 7) is 3.06. The van der Waals surface area contributed by atoms with E-state index in [9.17, 15) is 0 Å². The summed E-state index contributed by atoms with van der Waals surface area (Å²) in [6, 6.07) is 10.6. The van der Waals surface area contributed by atoms with E-state index in [4.69, 9.17) is 5.73 Å². The number of nitrogens with two attached hydrogens (primary N) is 1. The second-order valence-corrected chi connectivity index (χ2v) is 3.96. The fraction of sp³-hybridized carbons (Fsp3) is 0.385. The fourth-order valence-electron chi connectivity index (χ4n) is 1.87. The summed E-state index contributed by atoms with van der Waals surface area (Å²) in [6.07, 6.45) is 5.24. The molecule has 1 aromatic rings. The van der Waals surface area contributed by atoms with Gasteiger partial charge in [-0.2, -0.15) is 0 Å². The van der Waals surface area contributed by atoms with Crippen LogP contribution in [0.5, 0.6) is 0 Å². The molecule has 1 aliphatic heterocycles. The highest BCUT2D eigenvalue weighted by molar-refractivity contribution is 5.15. The third kappa shape index (κ3) is 3.10. The molecule has 2 N–H and O–H groups in total. The van der Waals surface area contributed by atoms with E-state index in [0.717, 1.165) is 38.2 Å². The first-order valence-electron chi connectivity index (χ1n) is 5.46. The molecule has 0 aromatic heterocycles. The van der Waals surface area contributed by atoms with E-state index >= 15 is 0 Å². The van der Waals surface area contributed by atoms with Gasteiger partial charge in [-0.25, -0.2) is 0 Å². The highest BCUT2D eigenvalue weighted by Crippen LogP contribution is 2.06. The van der Waals surface area contributed by atoms with Crippen molar-refractivity contribution in [3.05, 3.63) is 47.7 Å². The van der Waals surface area contributed by atoms with Gasteiger partial charge in [0.05, 0.1) is 0 Å². The first kappa shape index (κ1) is 10.2. The normalized spacial score (nSPS) is 17.5. The Hall–Kier alpha value is -1.28. The third-order valence-corrected chi connectivity index (χ3v) is 2.73. The molecule has 0 bridgehead atoms. The maximum atomic E-state index is 5.76. The zero-order valence-electron chi connectivity index (χ0n) is 8.95. The molecular formula is C13H17N2. The summed E-state index contributed by atoms with van der Waals surface area (Å²) in [5.41, 5.74) is 8.05. The van der Waals surface area contributed by atoms with Crippen molar-refractivity contribution in [2.24, 2.45) is 5.73 Å². The van der Waals surface area contributed by atoms with Gasteiger partial charge in [-0.3, -0.25) is 4.90 Å². The van der Waals surface area contributed by atoms with Crippen molar-refractivity contribution in [1.82, 2.24) is 4.90 Å². The van der Waals surface area contributed by atoms with Crippen LogP contribution >= 0.6 is 0 Å². The molecule has 15 heavy (non-hydrogen) atoms. The number of benzene rings is 1. The van der Waals surface area contributed by atoms with Crippen LogP contribution < -0.4 is 5.73 Å². The van der Waals surface area contributed by atoms with Gasteiger partial charge in [0.25, 0.3) is 0 Å². The van der Waals surface area contributed by atoms with E-state index in [-0.39, 0.29) is 0 Å². The first-order chi connectivity index (χ1) is 7.34. The van der Waals surface area contributed by atoms with Crippen LogP contribution in [-0.2, 0) is 6.42 Å². The molecule has 0 unspecified atom stereocenters. The molecule has 1 heterocycles. The first-order valence-corrected chi connectivity index (χ1v) is 5.46. The monoisotopic (exact) mass is 201 g/mol. The molecule has 0 atom stereocenters. The Kier molecular flexibility index (Phi) is 3.41. The molecule has 2 rings (SSSR count). The Bertz CT molecular complexity index is 330. The van der Waals surface area contributed by atoms with Gasteiger partial charge in [-0.05, 0) is 24.5 Å². The molecule has 2 heteroatoms. The zero-order chi connectivity index (χ0) is 10.5. The maximum Gasteiger partial charge on any atom is 0.0382 e. The average molecular weight is 201 g/mol. The van der Waals surface area contributed by atoms with E-state index < -0.39 is 0 Å². The van der Waals surface area contributed by atoms with E-state index in [1.54, 1.807) is 0 Å². The fourth-order valence-corrected chi connectivity index (χ4v) is 1.87. The maximum absolute atomic E-state index is 5.76. The van der Waals surface area contributed by atoms with Crippen LogP contribution in [0.1, 0.15) is 12.0 Å². The second kappa shape index (κ2) is 4.99. The minimum Gasteiger partial charge on any atom is -0.401 e. The molecule has 0 spiro atoms. The number of rotatable bonds is 3. The van der Waals surface area contributed by atoms with Gasteiger partial charge >= 0.3 is 0 Å². The second-order valence-electron chi connectivity index (χ2n) is 3.96. The summed E-state index contributed by atoms with van der Waals surface area (Å²) < 4.78 is 0. The standard InChI is InChI=1S/C13H17N2/c14-13-7-4-9-15(11-13)10-8-12-5-2-1-3-6-12/h1-3,5-6H,4,8-11,14H2. The Morgan fingerprint density at radius 3 is 2.80 bits per heavy atom. The zero-order valence-corrected chi connectivity index (χ0v) is 8.95. The quantitative estimate of drug-likeness (QED) is 0.804. The molecule has 1 aliphatic rings. The molecule has 2 nitrogen and oxygen atoms in total. The lowest BCUT2D eigenvalue weighted by Crippen LogP contribution is -2.34. The van der Waals surface area contributed by atoms with Crippen LogP contribution in [0.2, 0.25) is 0 Å². The van der Waals surface area contributed by atoms with Crippen LogP contribution in [0, 0.1) is 6.08 Å². The van der Waals surface area contributed by atoms with Crippen molar-refractivity contribution in [2.45, 2.75) is 12.8 Å². The largest absolute Gasteiger partial charge is 0.401 e. The smallest absolute Gasteiger partial charge is 0.0382 e. The molecule has 0 fully saturated rings. The van der Waals surface area contributed by atoms with Crippen molar-refractivity contribution < 1.29 is 0 Å². The minimum atomic E-state index is 0.882. The summed E-state index contributed by atoms with van der Waals surface area (Å²) in [5, 5.41) is 0. The Balaban J connectivity index is 1.81. The molecule has 1 radical (unpaired) electrons. The number of hydrogen-bond acceptors (Lipinski definition) is 2. The van der Waals surface area contributed by atoms with Crippen molar-refractivity contribution in [3.63, 3.8) is 0 Å². The summed E-state index contributed by atoms with van der Waals surface area (Å²) in [5.74, 6) is 0. The molecule has 1 aromatic carbocycles.